The number of aryl methyl sites for hydroxylation is 1. The SMILES string of the molecule is C/C=c1/nc(-c2cnn(C)c2)cn/c1=C/C=C/C(=C1/CCCNC1)c1cc(OC)cc(OC)c1. The Labute approximate surface area is 200 Å². The van der Waals surface area contributed by atoms with Gasteiger partial charge in [-0.05, 0) is 61.2 Å². The zero-order valence-electron chi connectivity index (χ0n) is 20.2. The van der Waals surface area contributed by atoms with E-state index in [0.717, 1.165) is 64.9 Å². The van der Waals surface area contributed by atoms with Gasteiger partial charge in [-0.1, -0.05) is 18.2 Å². The average Bonchev–Trinajstić information content (AvgIpc) is 3.33. The van der Waals surface area contributed by atoms with Crippen molar-refractivity contribution >= 4 is 17.7 Å². The van der Waals surface area contributed by atoms with Crippen LogP contribution in [-0.4, -0.2) is 47.1 Å². The molecule has 1 aliphatic heterocycles. The van der Waals surface area contributed by atoms with E-state index in [0.29, 0.717) is 0 Å². The van der Waals surface area contributed by atoms with Crippen LogP contribution in [0.3, 0.4) is 0 Å². The molecule has 0 saturated carbocycles. The monoisotopic (exact) mass is 457 g/mol. The zero-order chi connectivity index (χ0) is 23.9. The summed E-state index contributed by atoms with van der Waals surface area (Å²) >= 11 is 0. The third-order valence-corrected chi connectivity index (χ3v) is 5.83. The average molecular weight is 458 g/mol. The number of hydrogen-bond acceptors (Lipinski definition) is 6. The van der Waals surface area contributed by atoms with E-state index in [2.05, 4.69) is 33.6 Å². The molecule has 0 radical (unpaired) electrons. The zero-order valence-corrected chi connectivity index (χ0v) is 20.2. The lowest BCUT2D eigenvalue weighted by molar-refractivity contribution is 0.394. The second kappa shape index (κ2) is 10.9. The van der Waals surface area contributed by atoms with Crippen LogP contribution in [0.4, 0.5) is 0 Å². The first-order chi connectivity index (χ1) is 16.6. The molecule has 1 N–H and O–H groups in total. The molecule has 3 heterocycles. The number of piperidine rings is 1. The summed E-state index contributed by atoms with van der Waals surface area (Å²) in [5.74, 6) is 1.54. The van der Waals surface area contributed by atoms with Crippen LogP contribution in [0.1, 0.15) is 25.3 Å². The van der Waals surface area contributed by atoms with Crippen LogP contribution in [0.2, 0.25) is 0 Å². The quantitative estimate of drug-likeness (QED) is 0.614. The molecule has 0 atom stereocenters. The highest BCUT2D eigenvalue weighted by Gasteiger charge is 2.13. The number of methoxy groups -OCH3 is 2. The number of allylic oxidation sites excluding steroid dienone is 3. The summed E-state index contributed by atoms with van der Waals surface area (Å²) < 4.78 is 12.8. The predicted molar refractivity (Wildman–Crippen MR) is 136 cm³/mol. The molecule has 1 saturated heterocycles. The Balaban J connectivity index is 1.73. The van der Waals surface area contributed by atoms with Gasteiger partial charge in [0.1, 0.15) is 11.5 Å². The molecular weight excluding hydrogens is 426 g/mol. The van der Waals surface area contributed by atoms with Crippen LogP contribution < -0.4 is 25.5 Å². The molecule has 2 aromatic heterocycles. The van der Waals surface area contributed by atoms with E-state index < -0.39 is 0 Å². The number of nitrogens with zero attached hydrogens (tertiary/aromatic N) is 4. The Morgan fingerprint density at radius 2 is 1.88 bits per heavy atom. The van der Waals surface area contributed by atoms with Gasteiger partial charge >= 0.3 is 0 Å². The first-order valence-corrected chi connectivity index (χ1v) is 11.4. The van der Waals surface area contributed by atoms with Gasteiger partial charge in [0.25, 0.3) is 0 Å². The van der Waals surface area contributed by atoms with E-state index >= 15 is 0 Å². The summed E-state index contributed by atoms with van der Waals surface area (Å²) in [7, 11) is 5.24. The standard InChI is InChI=1S/C27H31N5O2/c1-5-25-26(29-17-27(31-25)21-16-30-32(2)18-21)10-6-9-24(19-8-7-11-28-15-19)20-12-22(33-3)14-23(13-20)34-4/h5-6,9-10,12-14,16-18,28H,7-8,11,15H2,1-4H3/b9-6+,24-19+,25-5+,26-10+. The first-order valence-electron chi connectivity index (χ1n) is 11.4. The number of aromatic nitrogens is 4. The molecule has 34 heavy (non-hydrogen) atoms. The number of nitrogens with one attached hydrogen (secondary N) is 1. The summed E-state index contributed by atoms with van der Waals surface area (Å²) in [6, 6.07) is 6.00. The van der Waals surface area contributed by atoms with Crippen molar-refractivity contribution in [1.82, 2.24) is 25.1 Å². The molecule has 0 unspecified atom stereocenters. The fourth-order valence-electron chi connectivity index (χ4n) is 4.05. The fraction of sp³-hybridized carbons (Fsp3) is 0.296. The van der Waals surface area contributed by atoms with Crippen LogP contribution >= 0.6 is 0 Å². The number of rotatable bonds is 6. The van der Waals surface area contributed by atoms with E-state index in [1.807, 2.05) is 44.5 Å². The topological polar surface area (TPSA) is 74.1 Å². The number of hydrogen-bond donors (Lipinski definition) is 1. The van der Waals surface area contributed by atoms with Gasteiger partial charge in [-0.15, -0.1) is 0 Å². The predicted octanol–water partition coefficient (Wildman–Crippen LogP) is 2.87. The van der Waals surface area contributed by atoms with Crippen molar-refractivity contribution in [2.45, 2.75) is 19.8 Å². The van der Waals surface area contributed by atoms with Crippen molar-refractivity contribution in [3.8, 4) is 22.8 Å². The lowest BCUT2D eigenvalue weighted by Gasteiger charge is -2.20. The summed E-state index contributed by atoms with van der Waals surface area (Å²) in [5.41, 5.74) is 5.36. The largest absolute Gasteiger partial charge is 0.497 e. The molecule has 176 valence electrons. The van der Waals surface area contributed by atoms with E-state index in [1.54, 1.807) is 31.3 Å². The van der Waals surface area contributed by atoms with Crippen LogP contribution in [0.15, 0.2) is 54.5 Å². The molecule has 0 aliphatic carbocycles. The summed E-state index contributed by atoms with van der Waals surface area (Å²) in [4.78, 5) is 9.44. The van der Waals surface area contributed by atoms with Gasteiger partial charge in [-0.2, -0.15) is 5.10 Å². The second-order valence-corrected chi connectivity index (χ2v) is 8.14. The Bertz CT molecular complexity index is 1310. The second-order valence-electron chi connectivity index (χ2n) is 8.14. The molecule has 0 bridgehead atoms. The highest BCUT2D eigenvalue weighted by atomic mass is 16.5. The van der Waals surface area contributed by atoms with Crippen molar-refractivity contribution < 1.29 is 9.47 Å². The third-order valence-electron chi connectivity index (χ3n) is 5.83. The molecule has 0 spiro atoms. The molecule has 7 heteroatoms. The first kappa shape index (κ1) is 23.4. The van der Waals surface area contributed by atoms with E-state index in [-0.39, 0.29) is 0 Å². The van der Waals surface area contributed by atoms with Crippen LogP contribution in [0, 0.1) is 0 Å². The minimum absolute atomic E-state index is 0.772. The normalized spacial score (nSPS) is 16.8. The fourth-order valence-corrected chi connectivity index (χ4v) is 4.05. The molecule has 1 aromatic carbocycles. The lowest BCUT2D eigenvalue weighted by atomic mass is 9.94. The maximum atomic E-state index is 5.51. The Morgan fingerprint density at radius 3 is 2.50 bits per heavy atom. The minimum atomic E-state index is 0.772. The summed E-state index contributed by atoms with van der Waals surface area (Å²) in [5, 5.41) is 9.38. The Hall–Kier alpha value is -3.71. The highest BCUT2D eigenvalue weighted by Crippen LogP contribution is 2.31. The Morgan fingerprint density at radius 1 is 1.09 bits per heavy atom. The van der Waals surface area contributed by atoms with E-state index in [1.165, 1.54) is 11.1 Å². The van der Waals surface area contributed by atoms with Crippen LogP contribution in [0.25, 0.3) is 29.0 Å². The van der Waals surface area contributed by atoms with Crippen molar-refractivity contribution in [2.75, 3.05) is 27.3 Å². The maximum absolute atomic E-state index is 5.51. The van der Waals surface area contributed by atoms with Gasteiger partial charge in [0.15, 0.2) is 0 Å². The van der Waals surface area contributed by atoms with Crippen molar-refractivity contribution in [3.05, 3.63) is 70.8 Å². The van der Waals surface area contributed by atoms with Gasteiger partial charge in [0, 0.05) is 31.4 Å². The van der Waals surface area contributed by atoms with Gasteiger partial charge in [0.05, 0.1) is 43.0 Å². The Kier molecular flexibility index (Phi) is 7.54. The van der Waals surface area contributed by atoms with E-state index in [9.17, 15) is 0 Å². The molecule has 7 nitrogen and oxygen atoms in total. The van der Waals surface area contributed by atoms with Gasteiger partial charge in [-0.25, -0.2) is 4.98 Å². The van der Waals surface area contributed by atoms with E-state index in [4.69, 9.17) is 14.5 Å². The highest BCUT2D eigenvalue weighted by molar-refractivity contribution is 5.79. The van der Waals surface area contributed by atoms with Gasteiger partial charge < -0.3 is 14.8 Å². The van der Waals surface area contributed by atoms with Crippen molar-refractivity contribution in [3.63, 3.8) is 0 Å². The minimum Gasteiger partial charge on any atom is -0.497 e. The maximum Gasteiger partial charge on any atom is 0.123 e. The molecule has 3 aromatic rings. The van der Waals surface area contributed by atoms with Crippen molar-refractivity contribution in [2.24, 2.45) is 7.05 Å². The molecule has 4 rings (SSSR count). The van der Waals surface area contributed by atoms with Gasteiger partial charge in [-0.3, -0.25) is 9.67 Å². The van der Waals surface area contributed by atoms with Crippen LogP contribution in [0.5, 0.6) is 11.5 Å². The number of ether oxygens (including phenoxy) is 2. The van der Waals surface area contributed by atoms with Gasteiger partial charge in [0.2, 0.25) is 0 Å². The summed E-state index contributed by atoms with van der Waals surface area (Å²) in [6.07, 6.45) is 15.9. The smallest absolute Gasteiger partial charge is 0.123 e. The molecule has 1 fully saturated rings. The molecular formula is C27H31N5O2. The number of benzene rings is 1. The molecule has 0 amide bonds. The van der Waals surface area contributed by atoms with Crippen molar-refractivity contribution in [1.29, 1.82) is 0 Å². The summed E-state index contributed by atoms with van der Waals surface area (Å²) in [6.45, 7) is 3.89. The molecule has 1 aliphatic rings. The third kappa shape index (κ3) is 5.43. The lowest BCUT2D eigenvalue weighted by Crippen LogP contribution is -2.31. The van der Waals surface area contributed by atoms with Crippen LogP contribution in [-0.2, 0) is 7.05 Å².